The Morgan fingerprint density at radius 3 is 2.24 bits per heavy atom. The molecule has 3 aliphatic carbocycles. The Hall–Kier alpha value is -4.28. The van der Waals surface area contributed by atoms with Crippen LogP contribution in [0.5, 0.6) is 0 Å². The van der Waals surface area contributed by atoms with Crippen LogP contribution < -0.4 is 10.6 Å². The van der Waals surface area contributed by atoms with Gasteiger partial charge >= 0.3 is 0 Å². The minimum atomic E-state index is -0.870. The Bertz CT molecular complexity index is 1570. The summed E-state index contributed by atoms with van der Waals surface area (Å²) < 4.78 is 0. The first-order valence-corrected chi connectivity index (χ1v) is 13.4. The molecule has 7 rings (SSSR count). The number of nitrogens with zero attached hydrogens (tertiary/aromatic N) is 2. The van der Waals surface area contributed by atoms with E-state index in [0.717, 1.165) is 39.2 Å². The van der Waals surface area contributed by atoms with Gasteiger partial charge in [0.05, 0.1) is 17.2 Å². The quantitative estimate of drug-likeness (QED) is 0.339. The van der Waals surface area contributed by atoms with E-state index in [2.05, 4.69) is 33.8 Å². The first-order chi connectivity index (χ1) is 18.3. The van der Waals surface area contributed by atoms with Crippen molar-refractivity contribution in [2.24, 2.45) is 5.41 Å². The second-order valence-corrected chi connectivity index (χ2v) is 11.2. The van der Waals surface area contributed by atoms with E-state index in [1.54, 1.807) is 0 Å². The molecule has 188 valence electrons. The molecule has 3 aromatic carbocycles. The molecule has 7 heteroatoms. The number of thiazole rings is 1. The number of amides is 2. The van der Waals surface area contributed by atoms with E-state index in [1.165, 1.54) is 18.3 Å². The van der Waals surface area contributed by atoms with Crippen molar-refractivity contribution in [3.8, 4) is 6.07 Å². The Balaban J connectivity index is 1.27. The highest BCUT2D eigenvalue weighted by Gasteiger charge is 2.61. The fourth-order valence-electron chi connectivity index (χ4n) is 6.29. The Labute approximate surface area is 225 Å². The van der Waals surface area contributed by atoms with Gasteiger partial charge in [-0.2, -0.15) is 5.26 Å². The molecule has 0 saturated carbocycles. The monoisotopic (exact) mass is 518 g/mol. The van der Waals surface area contributed by atoms with Crippen molar-refractivity contribution >= 4 is 34.0 Å². The molecule has 1 heterocycles. The van der Waals surface area contributed by atoms with Gasteiger partial charge in [0.1, 0.15) is 5.41 Å². The normalized spacial score (nSPS) is 22.6. The molecule has 0 fully saturated rings. The number of carbonyl (C=O) groups excluding carboxylic acids is 2. The fraction of sp³-hybridized carbons (Fsp3) is 0.226. The maximum Gasteiger partial charge on any atom is 0.233 e. The summed E-state index contributed by atoms with van der Waals surface area (Å²) in [5, 5.41) is 18.9. The predicted octanol–water partition coefficient (Wildman–Crippen LogP) is 6.00. The van der Waals surface area contributed by atoms with E-state index in [1.807, 2.05) is 73.0 Å². The number of nitrogens with one attached hydrogen (secondary N) is 2. The third-order valence-electron chi connectivity index (χ3n) is 7.87. The molecule has 2 amide bonds. The van der Waals surface area contributed by atoms with Gasteiger partial charge in [0, 0.05) is 30.3 Å². The Morgan fingerprint density at radius 1 is 1.00 bits per heavy atom. The van der Waals surface area contributed by atoms with Crippen molar-refractivity contribution in [2.45, 2.75) is 38.0 Å². The highest BCUT2D eigenvalue weighted by molar-refractivity contribution is 7.13. The first-order valence-electron chi connectivity index (χ1n) is 12.6. The lowest BCUT2D eigenvalue weighted by Crippen LogP contribution is -2.53. The number of rotatable bonds is 5. The molecule has 2 bridgehead atoms. The summed E-state index contributed by atoms with van der Waals surface area (Å²) in [6.07, 6.45) is 1.03. The summed E-state index contributed by atoms with van der Waals surface area (Å²) in [5.41, 5.74) is 5.12. The third-order valence-corrected chi connectivity index (χ3v) is 8.68. The Kier molecular flexibility index (Phi) is 5.66. The molecule has 1 atom stereocenters. The van der Waals surface area contributed by atoms with Crippen molar-refractivity contribution in [1.82, 2.24) is 4.98 Å². The van der Waals surface area contributed by atoms with Gasteiger partial charge in [-0.1, -0.05) is 60.7 Å². The van der Waals surface area contributed by atoms with Gasteiger partial charge in [0.15, 0.2) is 5.13 Å². The average molecular weight is 519 g/mol. The highest BCUT2D eigenvalue weighted by Crippen LogP contribution is 2.63. The summed E-state index contributed by atoms with van der Waals surface area (Å²) in [4.78, 5) is 29.9. The highest BCUT2D eigenvalue weighted by atomic mass is 32.1. The van der Waals surface area contributed by atoms with Gasteiger partial charge in [-0.05, 0) is 53.3 Å². The number of anilines is 2. The zero-order valence-corrected chi connectivity index (χ0v) is 21.9. The van der Waals surface area contributed by atoms with Gasteiger partial charge in [-0.3, -0.25) is 9.59 Å². The van der Waals surface area contributed by atoms with E-state index in [0.29, 0.717) is 18.0 Å². The van der Waals surface area contributed by atoms with Crippen LogP contribution in [0.4, 0.5) is 10.8 Å². The topological polar surface area (TPSA) is 94.9 Å². The van der Waals surface area contributed by atoms with E-state index in [-0.39, 0.29) is 17.7 Å². The van der Waals surface area contributed by atoms with Crippen molar-refractivity contribution in [3.63, 3.8) is 0 Å². The maximum atomic E-state index is 14.0. The smallest absolute Gasteiger partial charge is 0.233 e. The van der Waals surface area contributed by atoms with E-state index in [4.69, 9.17) is 0 Å². The number of hydrogen-bond acceptors (Lipinski definition) is 5. The van der Waals surface area contributed by atoms with Gasteiger partial charge in [0.25, 0.3) is 0 Å². The largest absolute Gasteiger partial charge is 0.326 e. The predicted molar refractivity (Wildman–Crippen MR) is 148 cm³/mol. The van der Waals surface area contributed by atoms with Crippen LogP contribution in [0, 0.1) is 16.7 Å². The summed E-state index contributed by atoms with van der Waals surface area (Å²) in [6, 6.07) is 26.4. The zero-order chi connectivity index (χ0) is 26.5. The molecule has 4 aromatic rings. The van der Waals surface area contributed by atoms with E-state index >= 15 is 0 Å². The van der Waals surface area contributed by atoms with Gasteiger partial charge < -0.3 is 10.6 Å². The summed E-state index contributed by atoms with van der Waals surface area (Å²) in [7, 11) is 0. The summed E-state index contributed by atoms with van der Waals surface area (Å²) in [5.74, 6) is -0.372. The van der Waals surface area contributed by atoms with Gasteiger partial charge in [-0.25, -0.2) is 4.98 Å². The summed E-state index contributed by atoms with van der Waals surface area (Å²) >= 11 is 1.40. The molecule has 1 unspecified atom stereocenters. The molecule has 2 N–H and O–H groups in total. The van der Waals surface area contributed by atoms with Crippen LogP contribution in [0.1, 0.15) is 59.7 Å². The lowest BCUT2D eigenvalue weighted by molar-refractivity contribution is -0.127. The fourth-order valence-corrected chi connectivity index (χ4v) is 7.00. The van der Waals surface area contributed by atoms with Crippen LogP contribution in [0.15, 0.2) is 78.2 Å². The van der Waals surface area contributed by atoms with Crippen LogP contribution in [-0.4, -0.2) is 16.8 Å². The van der Waals surface area contributed by atoms with Crippen molar-refractivity contribution in [3.05, 3.63) is 112 Å². The zero-order valence-electron chi connectivity index (χ0n) is 21.1. The molecule has 0 aliphatic heterocycles. The molecule has 6 nitrogen and oxygen atoms in total. The number of fused-ring (bicyclic) bond motifs is 1. The van der Waals surface area contributed by atoms with Crippen molar-refractivity contribution in [1.29, 1.82) is 5.26 Å². The minimum Gasteiger partial charge on any atom is -0.326 e. The molecule has 38 heavy (non-hydrogen) atoms. The minimum absolute atomic E-state index is 0.106. The maximum absolute atomic E-state index is 14.0. The number of hydrogen-bond donors (Lipinski definition) is 2. The van der Waals surface area contributed by atoms with Crippen LogP contribution in [0.2, 0.25) is 0 Å². The molecule has 0 radical (unpaired) electrons. The lowest BCUT2D eigenvalue weighted by Gasteiger charge is -2.54. The van der Waals surface area contributed by atoms with Crippen LogP contribution in [0.3, 0.4) is 0 Å². The molecule has 3 aliphatic rings. The van der Waals surface area contributed by atoms with E-state index in [9.17, 15) is 14.9 Å². The number of benzene rings is 3. The second kappa shape index (κ2) is 8.93. The third kappa shape index (κ3) is 3.72. The lowest BCUT2D eigenvalue weighted by atomic mass is 9.47. The standard InChI is InChI=1S/C31H26N4O2S/c1-19(36)33-21-13-11-20(12-14-21)15-22-16-38-29(34-22)35-28(37)30(2)17-31(18-32)25-9-5-3-7-23(25)27(30)24-8-4-6-10-26(24)31/h3-14,16,27H,15,17H2,1-2H3,(H,33,36)(H,34,35,37). The van der Waals surface area contributed by atoms with Gasteiger partial charge in [-0.15, -0.1) is 11.3 Å². The Morgan fingerprint density at radius 2 is 1.63 bits per heavy atom. The number of carbonyl (C=O) groups is 2. The second-order valence-electron chi connectivity index (χ2n) is 10.4. The van der Waals surface area contributed by atoms with Gasteiger partial charge in [0.2, 0.25) is 11.8 Å². The molecule has 0 saturated heterocycles. The SMILES string of the molecule is CC(=O)Nc1ccc(Cc2csc(NC(=O)C3(C)CC4(C#N)c5ccccc5C3c3ccccc34)n2)cc1. The average Bonchev–Trinajstić information content (AvgIpc) is 3.36. The first kappa shape index (κ1) is 24.1. The van der Waals surface area contributed by atoms with Crippen LogP contribution in [-0.2, 0) is 21.4 Å². The van der Waals surface area contributed by atoms with Crippen LogP contribution >= 0.6 is 11.3 Å². The van der Waals surface area contributed by atoms with Crippen molar-refractivity contribution < 1.29 is 9.59 Å². The molecular weight excluding hydrogens is 492 g/mol. The van der Waals surface area contributed by atoms with Crippen molar-refractivity contribution in [2.75, 3.05) is 10.6 Å². The summed E-state index contributed by atoms with van der Waals surface area (Å²) in [6.45, 7) is 3.46. The van der Waals surface area contributed by atoms with Crippen LogP contribution in [0.25, 0.3) is 0 Å². The molecule has 0 spiro atoms. The van der Waals surface area contributed by atoms with E-state index < -0.39 is 10.8 Å². The molecular formula is C31H26N4O2S. The number of aromatic nitrogens is 1. The number of nitriles is 1. The molecule has 1 aromatic heterocycles.